The minimum absolute atomic E-state index is 0.0557. The quantitative estimate of drug-likeness (QED) is 0.432. The van der Waals surface area contributed by atoms with Crippen molar-refractivity contribution in [1.29, 1.82) is 0 Å². The van der Waals surface area contributed by atoms with Crippen molar-refractivity contribution in [2.75, 3.05) is 20.3 Å². The number of para-hydroxylation sites is 1. The molecule has 3 aromatic rings. The number of piperidine rings is 1. The van der Waals surface area contributed by atoms with Crippen LogP contribution in [-0.4, -0.2) is 55.5 Å². The van der Waals surface area contributed by atoms with Crippen molar-refractivity contribution in [2.45, 2.75) is 50.6 Å². The molecule has 0 spiro atoms. The lowest BCUT2D eigenvalue weighted by molar-refractivity contribution is -0.143. The van der Waals surface area contributed by atoms with Gasteiger partial charge in [-0.2, -0.15) is 9.30 Å². The summed E-state index contributed by atoms with van der Waals surface area (Å²) in [5.74, 6) is -0.463. The predicted molar refractivity (Wildman–Crippen MR) is 137 cm³/mol. The largest absolute Gasteiger partial charge is 0.495 e. The molecule has 9 nitrogen and oxygen atoms in total. The van der Waals surface area contributed by atoms with Crippen molar-refractivity contribution < 1.29 is 27.5 Å². The third-order valence-corrected chi connectivity index (χ3v) is 9.19. The molecule has 1 aromatic heterocycles. The third kappa shape index (κ3) is 5.23. The highest BCUT2D eigenvalue weighted by Crippen LogP contribution is 2.28. The van der Waals surface area contributed by atoms with Crippen LogP contribution < -0.4 is 9.54 Å². The Kier molecular flexibility index (Phi) is 7.91. The molecule has 0 radical (unpaired) electrons. The van der Waals surface area contributed by atoms with E-state index in [1.165, 1.54) is 47.0 Å². The number of esters is 1. The number of nitrogens with zero attached hydrogens (tertiary/aromatic N) is 3. The van der Waals surface area contributed by atoms with Gasteiger partial charge in [-0.25, -0.2) is 8.42 Å². The molecule has 36 heavy (non-hydrogen) atoms. The minimum atomic E-state index is -3.64. The Morgan fingerprint density at radius 3 is 2.56 bits per heavy atom. The second-order valence-corrected chi connectivity index (χ2v) is 11.4. The van der Waals surface area contributed by atoms with Gasteiger partial charge in [0.25, 0.3) is 5.91 Å². The number of thiazole rings is 1. The summed E-state index contributed by atoms with van der Waals surface area (Å²) in [5.41, 5.74) is 0.884. The Morgan fingerprint density at radius 2 is 1.89 bits per heavy atom. The lowest BCUT2D eigenvalue weighted by Crippen LogP contribution is -2.41. The highest BCUT2D eigenvalue weighted by atomic mass is 32.2. The lowest BCUT2D eigenvalue weighted by Gasteiger charge is -2.32. The van der Waals surface area contributed by atoms with E-state index in [0.717, 1.165) is 24.0 Å². The van der Waals surface area contributed by atoms with Gasteiger partial charge in [0.15, 0.2) is 4.80 Å². The molecule has 192 valence electrons. The number of hydrogen-bond acceptors (Lipinski definition) is 7. The third-order valence-electron chi connectivity index (χ3n) is 6.12. The van der Waals surface area contributed by atoms with Crippen molar-refractivity contribution in [2.24, 2.45) is 4.99 Å². The van der Waals surface area contributed by atoms with Crippen LogP contribution in [0.25, 0.3) is 10.2 Å². The lowest BCUT2D eigenvalue weighted by atomic mass is 10.1. The highest BCUT2D eigenvalue weighted by molar-refractivity contribution is 7.89. The SMILES string of the molecule is CCOC(=O)Cn1c(=NC(=O)c2ccc(S(=O)(=O)N3CCCCC3C)cc2)sc2cccc(OC)c21. The molecule has 0 bridgehead atoms. The molecule has 1 saturated heterocycles. The topological polar surface area (TPSA) is 107 Å². The van der Waals surface area contributed by atoms with Crippen LogP contribution in [0.3, 0.4) is 0 Å². The van der Waals surface area contributed by atoms with Gasteiger partial charge in [0, 0.05) is 18.2 Å². The summed E-state index contributed by atoms with van der Waals surface area (Å²) in [4.78, 5) is 30.1. The second kappa shape index (κ2) is 10.9. The summed E-state index contributed by atoms with van der Waals surface area (Å²) in [6.07, 6.45) is 2.69. The maximum Gasteiger partial charge on any atom is 0.326 e. The number of methoxy groups -OCH3 is 1. The van der Waals surface area contributed by atoms with Crippen LogP contribution in [0.5, 0.6) is 5.75 Å². The Labute approximate surface area is 214 Å². The number of fused-ring (bicyclic) bond motifs is 1. The van der Waals surface area contributed by atoms with Gasteiger partial charge < -0.3 is 14.0 Å². The molecule has 0 N–H and O–H groups in total. The van der Waals surface area contributed by atoms with Gasteiger partial charge in [-0.3, -0.25) is 9.59 Å². The van der Waals surface area contributed by atoms with Gasteiger partial charge in [0.2, 0.25) is 10.0 Å². The standard InChI is InChI=1S/C25H29N3O6S2/c1-4-34-22(29)16-27-23-20(33-3)9-7-10-21(23)35-25(27)26-24(30)18-11-13-19(14-12-18)36(31,32)28-15-6-5-8-17(28)2/h7,9-14,17H,4-6,8,15-16H2,1-3H3. The summed E-state index contributed by atoms with van der Waals surface area (Å²) in [6.45, 7) is 4.23. The fraction of sp³-hybridized carbons (Fsp3) is 0.400. The van der Waals surface area contributed by atoms with Crippen molar-refractivity contribution in [3.63, 3.8) is 0 Å². The number of ether oxygens (including phenoxy) is 2. The first-order valence-electron chi connectivity index (χ1n) is 11.8. The van der Waals surface area contributed by atoms with Crippen molar-refractivity contribution in [3.05, 3.63) is 52.8 Å². The monoisotopic (exact) mass is 531 g/mol. The van der Waals surface area contributed by atoms with Gasteiger partial charge in [-0.05, 0) is 63.1 Å². The molecule has 2 heterocycles. The van der Waals surface area contributed by atoms with Gasteiger partial charge in [0.1, 0.15) is 17.8 Å². The van der Waals surface area contributed by atoms with Crippen molar-refractivity contribution in [3.8, 4) is 5.75 Å². The second-order valence-electron chi connectivity index (χ2n) is 8.48. The number of benzene rings is 2. The van der Waals surface area contributed by atoms with Crippen LogP contribution in [0.4, 0.5) is 0 Å². The number of carbonyl (C=O) groups is 2. The average Bonchev–Trinajstić information content (AvgIpc) is 3.21. The molecular weight excluding hydrogens is 502 g/mol. The van der Waals surface area contributed by atoms with E-state index in [-0.39, 0.29) is 29.7 Å². The number of hydrogen-bond donors (Lipinski definition) is 0. The molecule has 1 aliphatic rings. The fourth-order valence-corrected chi connectivity index (χ4v) is 7.06. The Hall–Kier alpha value is -3.02. The molecule has 1 amide bonds. The highest BCUT2D eigenvalue weighted by Gasteiger charge is 2.31. The maximum absolute atomic E-state index is 13.1. The van der Waals surface area contributed by atoms with Crippen LogP contribution in [0, 0.1) is 0 Å². The van der Waals surface area contributed by atoms with E-state index in [1.807, 2.05) is 19.1 Å². The van der Waals surface area contributed by atoms with E-state index in [9.17, 15) is 18.0 Å². The van der Waals surface area contributed by atoms with Crippen LogP contribution >= 0.6 is 11.3 Å². The zero-order valence-electron chi connectivity index (χ0n) is 20.5. The fourth-order valence-electron chi connectivity index (χ4n) is 4.32. The van der Waals surface area contributed by atoms with Gasteiger partial charge in [0.05, 0.1) is 23.3 Å². The van der Waals surface area contributed by atoms with Gasteiger partial charge in [-0.1, -0.05) is 23.8 Å². The van der Waals surface area contributed by atoms with E-state index in [1.54, 1.807) is 17.6 Å². The van der Waals surface area contributed by atoms with E-state index < -0.39 is 21.9 Å². The molecule has 0 aliphatic carbocycles. The molecule has 1 fully saturated rings. The molecule has 0 saturated carbocycles. The summed E-state index contributed by atoms with van der Waals surface area (Å²) in [6, 6.07) is 11.2. The maximum atomic E-state index is 13.1. The molecular formula is C25H29N3O6S2. The smallest absolute Gasteiger partial charge is 0.326 e. The summed E-state index contributed by atoms with van der Waals surface area (Å²) in [5, 5.41) is 0. The van der Waals surface area contributed by atoms with Crippen molar-refractivity contribution >= 4 is 43.5 Å². The number of sulfonamides is 1. The molecule has 1 aliphatic heterocycles. The number of rotatable bonds is 7. The van der Waals surface area contributed by atoms with E-state index in [4.69, 9.17) is 9.47 Å². The number of carbonyl (C=O) groups excluding carboxylic acids is 2. The Morgan fingerprint density at radius 1 is 1.14 bits per heavy atom. The van der Waals surface area contributed by atoms with Gasteiger partial charge in [-0.15, -0.1) is 0 Å². The van der Waals surface area contributed by atoms with E-state index in [2.05, 4.69) is 4.99 Å². The van der Waals surface area contributed by atoms with Crippen LogP contribution in [0.15, 0.2) is 52.4 Å². The number of amides is 1. The van der Waals surface area contributed by atoms with E-state index in [0.29, 0.717) is 22.6 Å². The van der Waals surface area contributed by atoms with Gasteiger partial charge >= 0.3 is 5.97 Å². The van der Waals surface area contributed by atoms with Crippen LogP contribution in [0.2, 0.25) is 0 Å². The molecule has 1 atom stereocenters. The molecule has 1 unspecified atom stereocenters. The van der Waals surface area contributed by atoms with Crippen LogP contribution in [-0.2, 0) is 26.1 Å². The summed E-state index contributed by atoms with van der Waals surface area (Å²) < 4.78 is 40.7. The molecule has 2 aromatic carbocycles. The summed E-state index contributed by atoms with van der Waals surface area (Å²) in [7, 11) is -2.11. The van der Waals surface area contributed by atoms with E-state index >= 15 is 0 Å². The zero-order chi connectivity index (χ0) is 25.9. The molecule has 4 rings (SSSR count). The average molecular weight is 532 g/mol. The minimum Gasteiger partial charge on any atom is -0.495 e. The van der Waals surface area contributed by atoms with Crippen LogP contribution in [0.1, 0.15) is 43.5 Å². The predicted octanol–water partition coefficient (Wildman–Crippen LogP) is 3.58. The first kappa shape index (κ1) is 26.1. The molecule has 11 heteroatoms. The summed E-state index contributed by atoms with van der Waals surface area (Å²) >= 11 is 1.25. The normalized spacial score (nSPS) is 17.3. The van der Waals surface area contributed by atoms with Crippen molar-refractivity contribution in [1.82, 2.24) is 8.87 Å². The first-order chi connectivity index (χ1) is 17.3. The number of aromatic nitrogens is 1. The zero-order valence-corrected chi connectivity index (χ0v) is 22.1. The first-order valence-corrected chi connectivity index (χ1v) is 14.0. The Bertz CT molecular complexity index is 1440. The Balaban J connectivity index is 1.69.